The maximum Gasteiger partial charge on any atom is 0.254 e. The van der Waals surface area contributed by atoms with E-state index >= 15 is 0 Å². The topological polar surface area (TPSA) is 88.2 Å². The fourth-order valence-electron chi connectivity index (χ4n) is 1.89. The molecule has 1 saturated heterocycles. The maximum atomic E-state index is 11.8. The van der Waals surface area contributed by atoms with E-state index in [1.807, 2.05) is 19.0 Å². The summed E-state index contributed by atoms with van der Waals surface area (Å²) in [6, 6.07) is 0. The largest absolute Gasteiger partial charge is 0.412 e. The molecule has 0 radical (unpaired) electrons. The van der Waals surface area contributed by atoms with Gasteiger partial charge in [0.2, 0.25) is 5.96 Å². The standard InChI is InChI=1S/C9H16N4O.2ClH.H2O/c1-13(2)8-11-7(14)9(12-8)3-5-10-6-4-9;;;/h10H,3-6H2,1-2H3,(H,11,12,14);2*1H;1H2. The number of hydrogen-bond acceptors (Lipinski definition) is 4. The minimum absolute atomic E-state index is 0. The van der Waals surface area contributed by atoms with Crippen molar-refractivity contribution in [2.45, 2.75) is 18.4 Å². The number of carbonyl (C=O) groups is 1. The molecule has 1 amide bonds. The van der Waals surface area contributed by atoms with Gasteiger partial charge < -0.3 is 15.7 Å². The minimum atomic E-state index is -0.481. The van der Waals surface area contributed by atoms with Gasteiger partial charge in [-0.2, -0.15) is 0 Å². The average Bonchev–Trinajstić information content (AvgIpc) is 2.46. The monoisotopic (exact) mass is 286 g/mol. The first-order valence-electron chi connectivity index (χ1n) is 4.93. The molecule has 0 aromatic carbocycles. The van der Waals surface area contributed by atoms with Crippen LogP contribution in [-0.4, -0.2) is 55.0 Å². The van der Waals surface area contributed by atoms with Crippen molar-refractivity contribution in [3.63, 3.8) is 0 Å². The Morgan fingerprint density at radius 3 is 2.18 bits per heavy atom. The molecule has 0 aliphatic carbocycles. The molecule has 0 saturated carbocycles. The van der Waals surface area contributed by atoms with Crippen molar-refractivity contribution < 1.29 is 10.3 Å². The van der Waals surface area contributed by atoms with Gasteiger partial charge in [0.15, 0.2) is 0 Å². The Labute approximate surface area is 113 Å². The van der Waals surface area contributed by atoms with Crippen LogP contribution in [0.15, 0.2) is 4.99 Å². The van der Waals surface area contributed by atoms with Crippen molar-refractivity contribution in [1.82, 2.24) is 15.5 Å². The lowest BCUT2D eigenvalue weighted by Crippen LogP contribution is -2.47. The summed E-state index contributed by atoms with van der Waals surface area (Å²) in [4.78, 5) is 18.1. The van der Waals surface area contributed by atoms with Crippen LogP contribution >= 0.6 is 24.8 Å². The van der Waals surface area contributed by atoms with Crippen LogP contribution in [0, 0.1) is 0 Å². The van der Waals surface area contributed by atoms with E-state index in [4.69, 9.17) is 0 Å². The first kappa shape index (κ1) is 18.8. The number of amides is 1. The van der Waals surface area contributed by atoms with Gasteiger partial charge in [0.05, 0.1) is 0 Å². The van der Waals surface area contributed by atoms with E-state index in [1.54, 1.807) is 0 Å². The highest BCUT2D eigenvalue weighted by Gasteiger charge is 2.44. The molecule has 0 bridgehead atoms. The van der Waals surface area contributed by atoms with E-state index in [1.165, 1.54) is 0 Å². The van der Waals surface area contributed by atoms with E-state index in [2.05, 4.69) is 15.6 Å². The van der Waals surface area contributed by atoms with Gasteiger partial charge in [-0.3, -0.25) is 10.1 Å². The van der Waals surface area contributed by atoms with Crippen LogP contribution in [-0.2, 0) is 4.79 Å². The number of nitrogens with zero attached hydrogens (tertiary/aromatic N) is 2. The first-order valence-corrected chi connectivity index (χ1v) is 4.93. The summed E-state index contributed by atoms with van der Waals surface area (Å²) in [5, 5.41) is 6.06. The highest BCUT2D eigenvalue weighted by Crippen LogP contribution is 2.27. The summed E-state index contributed by atoms with van der Waals surface area (Å²) in [6.07, 6.45) is 1.60. The van der Waals surface area contributed by atoms with Gasteiger partial charge in [-0.15, -0.1) is 24.8 Å². The second-order valence-corrected chi connectivity index (χ2v) is 4.07. The number of hydrogen-bond donors (Lipinski definition) is 2. The maximum absolute atomic E-state index is 11.8. The van der Waals surface area contributed by atoms with Gasteiger partial charge in [-0.1, -0.05) is 0 Å². The average molecular weight is 287 g/mol. The molecule has 2 rings (SSSR count). The summed E-state index contributed by atoms with van der Waals surface area (Å²) >= 11 is 0. The molecule has 0 unspecified atom stereocenters. The third kappa shape index (κ3) is 3.45. The van der Waals surface area contributed by atoms with Crippen LogP contribution in [0.1, 0.15) is 12.8 Å². The lowest BCUT2D eigenvalue weighted by molar-refractivity contribution is -0.124. The molecule has 8 heteroatoms. The molecule has 2 aliphatic rings. The van der Waals surface area contributed by atoms with Gasteiger partial charge in [0.25, 0.3) is 5.91 Å². The number of carbonyl (C=O) groups excluding carboxylic acids is 1. The van der Waals surface area contributed by atoms with Gasteiger partial charge in [-0.05, 0) is 25.9 Å². The zero-order chi connectivity index (χ0) is 10.2. The number of halogens is 2. The van der Waals surface area contributed by atoms with Gasteiger partial charge >= 0.3 is 0 Å². The Balaban J connectivity index is 0. The fraction of sp³-hybridized carbons (Fsp3) is 0.778. The Hall–Kier alpha value is -0.560. The Morgan fingerprint density at radius 1 is 1.24 bits per heavy atom. The van der Waals surface area contributed by atoms with Crippen LogP contribution in [0.5, 0.6) is 0 Å². The quantitative estimate of drug-likeness (QED) is 0.610. The predicted molar refractivity (Wildman–Crippen MR) is 72.2 cm³/mol. The smallest absolute Gasteiger partial charge is 0.254 e. The molecular weight excluding hydrogens is 267 g/mol. The Kier molecular flexibility index (Phi) is 7.74. The fourth-order valence-corrected chi connectivity index (χ4v) is 1.89. The summed E-state index contributed by atoms with van der Waals surface area (Å²) in [6.45, 7) is 1.75. The first-order chi connectivity index (χ1) is 6.64. The molecule has 0 aromatic rings. The molecule has 1 fully saturated rings. The normalized spacial score (nSPS) is 20.4. The Bertz CT molecular complexity index is 291. The number of rotatable bonds is 0. The molecule has 0 atom stereocenters. The molecular formula is C9H20Cl2N4O2. The van der Waals surface area contributed by atoms with Crippen LogP contribution in [0.2, 0.25) is 0 Å². The highest BCUT2D eigenvalue weighted by molar-refractivity contribution is 6.07. The van der Waals surface area contributed by atoms with Crippen LogP contribution in [0.4, 0.5) is 0 Å². The van der Waals surface area contributed by atoms with Crippen molar-refractivity contribution in [2.24, 2.45) is 4.99 Å². The molecule has 0 aromatic heterocycles. The lowest BCUT2D eigenvalue weighted by atomic mass is 9.89. The molecule has 1 spiro atoms. The second-order valence-electron chi connectivity index (χ2n) is 4.07. The minimum Gasteiger partial charge on any atom is -0.412 e. The van der Waals surface area contributed by atoms with Gasteiger partial charge in [0.1, 0.15) is 5.54 Å². The van der Waals surface area contributed by atoms with Crippen molar-refractivity contribution in [2.75, 3.05) is 27.2 Å². The lowest BCUT2D eigenvalue weighted by Gasteiger charge is -2.27. The van der Waals surface area contributed by atoms with Crippen molar-refractivity contribution >= 4 is 36.7 Å². The Morgan fingerprint density at radius 2 is 1.76 bits per heavy atom. The number of nitrogens with one attached hydrogen (secondary N) is 2. The molecule has 4 N–H and O–H groups in total. The summed E-state index contributed by atoms with van der Waals surface area (Å²) in [5.74, 6) is 0.750. The zero-order valence-electron chi connectivity index (χ0n) is 9.95. The number of piperidine rings is 1. The van der Waals surface area contributed by atoms with Crippen LogP contribution < -0.4 is 10.6 Å². The van der Waals surface area contributed by atoms with Gasteiger partial charge in [0, 0.05) is 14.1 Å². The third-order valence-electron chi connectivity index (χ3n) is 2.82. The summed E-state index contributed by atoms with van der Waals surface area (Å²) in [5.41, 5.74) is -0.481. The predicted octanol–water partition coefficient (Wildman–Crippen LogP) is -0.825. The van der Waals surface area contributed by atoms with E-state index in [-0.39, 0.29) is 36.2 Å². The molecule has 17 heavy (non-hydrogen) atoms. The van der Waals surface area contributed by atoms with E-state index in [9.17, 15) is 4.79 Å². The second kappa shape index (κ2) is 7.00. The molecule has 6 nitrogen and oxygen atoms in total. The highest BCUT2D eigenvalue weighted by atomic mass is 35.5. The van der Waals surface area contributed by atoms with Crippen LogP contribution in [0.25, 0.3) is 0 Å². The van der Waals surface area contributed by atoms with E-state index < -0.39 is 5.54 Å². The van der Waals surface area contributed by atoms with Crippen molar-refractivity contribution in [3.8, 4) is 0 Å². The molecule has 2 heterocycles. The number of aliphatic imine (C=N–C) groups is 1. The summed E-state index contributed by atoms with van der Waals surface area (Å²) in [7, 11) is 3.78. The molecule has 102 valence electrons. The SMILES string of the molecule is CN(C)C1=NC2(CCNCC2)C(=O)N1.Cl.Cl.O. The molecule has 2 aliphatic heterocycles. The number of guanidine groups is 1. The third-order valence-corrected chi connectivity index (χ3v) is 2.82. The van der Waals surface area contributed by atoms with E-state index in [0.29, 0.717) is 5.96 Å². The summed E-state index contributed by atoms with van der Waals surface area (Å²) < 4.78 is 0. The van der Waals surface area contributed by atoms with Crippen LogP contribution in [0.3, 0.4) is 0 Å². The van der Waals surface area contributed by atoms with E-state index in [0.717, 1.165) is 25.9 Å². The van der Waals surface area contributed by atoms with Gasteiger partial charge in [-0.25, -0.2) is 4.99 Å². The van der Waals surface area contributed by atoms with Crippen molar-refractivity contribution in [3.05, 3.63) is 0 Å². The zero-order valence-corrected chi connectivity index (χ0v) is 11.6. The van der Waals surface area contributed by atoms with Crippen molar-refractivity contribution in [1.29, 1.82) is 0 Å².